The molecule has 0 unspecified atom stereocenters. The zero-order valence-electron chi connectivity index (χ0n) is 12.1. The average Bonchev–Trinajstić information content (AvgIpc) is 2.80. The van der Waals surface area contributed by atoms with E-state index in [0.29, 0.717) is 6.42 Å². The van der Waals surface area contributed by atoms with Crippen LogP contribution in [0.2, 0.25) is 0 Å². The van der Waals surface area contributed by atoms with Gasteiger partial charge in [-0.05, 0) is 24.5 Å². The minimum atomic E-state index is -0.732. The number of carboxylic acid groups (broad SMARTS) is 1. The van der Waals surface area contributed by atoms with Crippen LogP contribution in [0.3, 0.4) is 0 Å². The predicted octanol–water partition coefficient (Wildman–Crippen LogP) is 4.24. The van der Waals surface area contributed by atoms with Crippen LogP contribution in [-0.2, 0) is 17.8 Å². The smallest absolute Gasteiger partial charge is 0.303 e. The van der Waals surface area contributed by atoms with Crippen LogP contribution < -0.4 is 0 Å². The molecule has 0 atom stereocenters. The van der Waals surface area contributed by atoms with E-state index in [-0.39, 0.29) is 6.42 Å². The van der Waals surface area contributed by atoms with Gasteiger partial charge >= 0.3 is 5.97 Å². The fraction of sp³-hybridized carbons (Fsp3) is 0.471. The van der Waals surface area contributed by atoms with Gasteiger partial charge in [0, 0.05) is 30.1 Å². The van der Waals surface area contributed by atoms with Crippen molar-refractivity contribution in [2.75, 3.05) is 0 Å². The molecule has 1 heterocycles. The van der Waals surface area contributed by atoms with E-state index < -0.39 is 5.97 Å². The van der Waals surface area contributed by atoms with Crippen LogP contribution in [0.15, 0.2) is 30.5 Å². The van der Waals surface area contributed by atoms with Gasteiger partial charge in [0.1, 0.15) is 0 Å². The van der Waals surface area contributed by atoms with Crippen molar-refractivity contribution in [1.82, 2.24) is 4.57 Å². The third kappa shape index (κ3) is 3.62. The highest BCUT2D eigenvalue weighted by atomic mass is 16.4. The van der Waals surface area contributed by atoms with E-state index in [0.717, 1.165) is 12.1 Å². The highest BCUT2D eigenvalue weighted by molar-refractivity contribution is 5.84. The molecule has 1 N–H and O–H groups in total. The van der Waals surface area contributed by atoms with Crippen molar-refractivity contribution in [3.63, 3.8) is 0 Å². The van der Waals surface area contributed by atoms with Gasteiger partial charge in [-0.25, -0.2) is 0 Å². The molecule has 1 aromatic heterocycles. The van der Waals surface area contributed by atoms with Gasteiger partial charge in [-0.2, -0.15) is 0 Å². The Hall–Kier alpha value is -1.77. The number of unbranched alkanes of at least 4 members (excludes halogenated alkanes) is 3. The third-order valence-electron chi connectivity index (χ3n) is 3.73. The third-order valence-corrected chi connectivity index (χ3v) is 3.73. The molecule has 3 heteroatoms. The Morgan fingerprint density at radius 1 is 1.20 bits per heavy atom. The molecular weight excluding hydrogens is 250 g/mol. The molecule has 0 fully saturated rings. The van der Waals surface area contributed by atoms with Gasteiger partial charge in [-0.3, -0.25) is 4.79 Å². The van der Waals surface area contributed by atoms with E-state index >= 15 is 0 Å². The monoisotopic (exact) mass is 273 g/mol. The van der Waals surface area contributed by atoms with Crippen LogP contribution in [0.25, 0.3) is 10.9 Å². The molecule has 0 amide bonds. The van der Waals surface area contributed by atoms with Crippen LogP contribution >= 0.6 is 0 Å². The summed E-state index contributed by atoms with van der Waals surface area (Å²) in [5.74, 6) is -0.732. The van der Waals surface area contributed by atoms with Gasteiger partial charge in [-0.15, -0.1) is 0 Å². The van der Waals surface area contributed by atoms with Gasteiger partial charge in [0.2, 0.25) is 0 Å². The van der Waals surface area contributed by atoms with Gasteiger partial charge in [0.05, 0.1) is 0 Å². The topological polar surface area (TPSA) is 42.2 Å². The lowest BCUT2D eigenvalue weighted by atomic mass is 10.1. The summed E-state index contributed by atoms with van der Waals surface area (Å²) < 4.78 is 2.28. The quantitative estimate of drug-likeness (QED) is 0.731. The number of hydrogen-bond donors (Lipinski definition) is 1. The lowest BCUT2D eigenvalue weighted by Crippen LogP contribution is -1.97. The van der Waals surface area contributed by atoms with Crippen molar-refractivity contribution in [1.29, 1.82) is 0 Å². The minimum absolute atomic E-state index is 0.198. The molecule has 2 rings (SSSR count). The first-order valence-electron chi connectivity index (χ1n) is 7.51. The molecule has 0 spiro atoms. The summed E-state index contributed by atoms with van der Waals surface area (Å²) in [7, 11) is 0. The van der Waals surface area contributed by atoms with E-state index in [1.54, 1.807) is 0 Å². The van der Waals surface area contributed by atoms with E-state index in [2.05, 4.69) is 29.8 Å². The Kier molecular flexibility index (Phi) is 5.22. The van der Waals surface area contributed by atoms with Crippen LogP contribution in [0.5, 0.6) is 0 Å². The summed E-state index contributed by atoms with van der Waals surface area (Å²) >= 11 is 0. The molecule has 0 aliphatic rings. The van der Waals surface area contributed by atoms with Crippen LogP contribution in [0, 0.1) is 0 Å². The van der Waals surface area contributed by atoms with Crippen molar-refractivity contribution in [2.45, 2.75) is 52.0 Å². The maximum atomic E-state index is 10.8. The lowest BCUT2D eigenvalue weighted by molar-refractivity contribution is -0.136. The molecule has 0 aliphatic heterocycles. The summed E-state index contributed by atoms with van der Waals surface area (Å²) in [4.78, 5) is 10.8. The minimum Gasteiger partial charge on any atom is -0.481 e. The normalized spacial score (nSPS) is 11.1. The fourth-order valence-electron chi connectivity index (χ4n) is 2.66. The highest BCUT2D eigenvalue weighted by Gasteiger charge is 2.09. The number of aryl methyl sites for hydroxylation is 2. The number of aliphatic carboxylic acids is 1. The van der Waals surface area contributed by atoms with E-state index in [1.807, 2.05) is 12.1 Å². The van der Waals surface area contributed by atoms with Gasteiger partial charge < -0.3 is 9.67 Å². The maximum absolute atomic E-state index is 10.8. The molecule has 0 saturated heterocycles. The number of hydrogen-bond acceptors (Lipinski definition) is 1. The molecule has 2 aromatic rings. The number of benzene rings is 1. The first-order valence-corrected chi connectivity index (χ1v) is 7.51. The van der Waals surface area contributed by atoms with Crippen LogP contribution in [-0.4, -0.2) is 15.6 Å². The number of fused-ring (bicyclic) bond motifs is 1. The van der Waals surface area contributed by atoms with Crippen molar-refractivity contribution >= 4 is 16.9 Å². The van der Waals surface area contributed by atoms with E-state index in [1.165, 1.54) is 36.6 Å². The number of carbonyl (C=O) groups is 1. The van der Waals surface area contributed by atoms with Crippen molar-refractivity contribution in [2.24, 2.45) is 0 Å². The van der Waals surface area contributed by atoms with Crippen molar-refractivity contribution in [3.8, 4) is 0 Å². The summed E-state index contributed by atoms with van der Waals surface area (Å²) in [5.41, 5.74) is 2.38. The zero-order valence-corrected chi connectivity index (χ0v) is 12.1. The lowest BCUT2D eigenvalue weighted by Gasteiger charge is -2.04. The van der Waals surface area contributed by atoms with Gasteiger partial charge in [0.15, 0.2) is 0 Å². The molecule has 0 saturated carbocycles. The average molecular weight is 273 g/mol. The first-order chi connectivity index (χ1) is 9.72. The Morgan fingerprint density at radius 3 is 2.75 bits per heavy atom. The molecule has 20 heavy (non-hydrogen) atoms. The second-order valence-corrected chi connectivity index (χ2v) is 5.32. The SMILES string of the molecule is CCCCCCn1cc(CCC(=O)O)c2ccccc21. The first kappa shape index (κ1) is 14.6. The molecule has 0 radical (unpaired) electrons. The van der Waals surface area contributed by atoms with Crippen molar-refractivity contribution in [3.05, 3.63) is 36.0 Å². The fourth-order valence-corrected chi connectivity index (χ4v) is 2.66. The second kappa shape index (κ2) is 7.13. The number of carboxylic acids is 1. The second-order valence-electron chi connectivity index (χ2n) is 5.32. The molecule has 0 aliphatic carbocycles. The van der Waals surface area contributed by atoms with Gasteiger partial charge in [0.25, 0.3) is 0 Å². The predicted molar refractivity (Wildman–Crippen MR) is 82.0 cm³/mol. The summed E-state index contributed by atoms with van der Waals surface area (Å²) in [6.45, 7) is 3.24. The largest absolute Gasteiger partial charge is 0.481 e. The van der Waals surface area contributed by atoms with E-state index in [9.17, 15) is 4.79 Å². The Balaban J connectivity index is 2.15. The molecule has 1 aromatic carbocycles. The van der Waals surface area contributed by atoms with Crippen LogP contribution in [0.4, 0.5) is 0 Å². The molecule has 0 bridgehead atoms. The highest BCUT2D eigenvalue weighted by Crippen LogP contribution is 2.23. The van der Waals surface area contributed by atoms with Crippen LogP contribution in [0.1, 0.15) is 44.6 Å². The molecule has 3 nitrogen and oxygen atoms in total. The number of para-hydroxylation sites is 1. The van der Waals surface area contributed by atoms with Crippen molar-refractivity contribution < 1.29 is 9.90 Å². The van der Waals surface area contributed by atoms with E-state index in [4.69, 9.17) is 5.11 Å². The zero-order chi connectivity index (χ0) is 14.4. The number of aromatic nitrogens is 1. The number of nitrogens with zero attached hydrogens (tertiary/aromatic N) is 1. The van der Waals surface area contributed by atoms with Gasteiger partial charge in [-0.1, -0.05) is 44.4 Å². The maximum Gasteiger partial charge on any atom is 0.303 e. The number of rotatable bonds is 8. The standard InChI is InChI=1S/C17H23NO2/c1-2-3-4-7-12-18-13-14(10-11-17(19)20)15-8-5-6-9-16(15)18/h5-6,8-9,13H,2-4,7,10-12H2,1H3,(H,19,20). The Morgan fingerprint density at radius 2 is 2.00 bits per heavy atom. The Bertz CT molecular complexity index is 571. The molecule has 108 valence electrons. The summed E-state index contributed by atoms with van der Waals surface area (Å²) in [5, 5.41) is 10.0. The molecular formula is C17H23NO2. The summed E-state index contributed by atoms with van der Waals surface area (Å²) in [6.07, 6.45) is 7.92. The summed E-state index contributed by atoms with van der Waals surface area (Å²) in [6, 6.07) is 8.29. The Labute approximate surface area is 120 Å².